The maximum atomic E-state index is 3.73. The lowest BCUT2D eigenvalue weighted by molar-refractivity contribution is 0.170. The van der Waals surface area contributed by atoms with E-state index in [2.05, 4.69) is 51.8 Å². The molecule has 0 radical (unpaired) electrons. The molecule has 2 heteroatoms. The van der Waals surface area contributed by atoms with Crippen molar-refractivity contribution in [2.24, 2.45) is 5.41 Å². The van der Waals surface area contributed by atoms with Gasteiger partial charge >= 0.3 is 0 Å². The van der Waals surface area contributed by atoms with Gasteiger partial charge in [-0.25, -0.2) is 0 Å². The molecule has 0 aromatic carbocycles. The van der Waals surface area contributed by atoms with Crippen LogP contribution in [-0.2, 0) is 0 Å². The van der Waals surface area contributed by atoms with Crippen LogP contribution in [0.1, 0.15) is 67.2 Å². The molecule has 108 valence electrons. The number of unbranched alkanes of at least 4 members (excludes halogenated alkanes) is 1. The van der Waals surface area contributed by atoms with Crippen molar-refractivity contribution in [3.63, 3.8) is 0 Å². The summed E-state index contributed by atoms with van der Waals surface area (Å²) in [6.45, 7) is 17.6. The minimum Gasteiger partial charge on any atom is -0.313 e. The molecule has 1 aliphatic heterocycles. The molecule has 1 unspecified atom stereocenters. The van der Waals surface area contributed by atoms with E-state index in [1.54, 1.807) is 0 Å². The zero-order valence-corrected chi connectivity index (χ0v) is 13.5. The lowest BCUT2D eigenvalue weighted by Gasteiger charge is -2.31. The lowest BCUT2D eigenvalue weighted by Crippen LogP contribution is -2.42. The summed E-state index contributed by atoms with van der Waals surface area (Å²) in [5, 5.41) is 3.73. The molecule has 1 atom stereocenters. The van der Waals surface area contributed by atoms with Gasteiger partial charge in [0.2, 0.25) is 0 Å². The molecule has 0 spiro atoms. The molecular weight excluding hydrogens is 220 g/mol. The van der Waals surface area contributed by atoms with E-state index >= 15 is 0 Å². The summed E-state index contributed by atoms with van der Waals surface area (Å²) in [4.78, 5) is 2.60. The third kappa shape index (κ3) is 6.19. The van der Waals surface area contributed by atoms with Gasteiger partial charge in [0.25, 0.3) is 0 Å². The van der Waals surface area contributed by atoms with Crippen LogP contribution in [0, 0.1) is 5.41 Å². The average molecular weight is 254 g/mol. The Bertz CT molecular complexity index is 234. The second kappa shape index (κ2) is 6.38. The van der Waals surface area contributed by atoms with Crippen LogP contribution in [-0.4, -0.2) is 36.1 Å². The van der Waals surface area contributed by atoms with Crippen molar-refractivity contribution in [3.8, 4) is 0 Å². The highest BCUT2D eigenvalue weighted by Gasteiger charge is 2.29. The van der Waals surface area contributed by atoms with Crippen molar-refractivity contribution in [2.45, 2.75) is 78.8 Å². The van der Waals surface area contributed by atoms with Gasteiger partial charge in [-0.15, -0.1) is 0 Å². The van der Waals surface area contributed by atoms with Gasteiger partial charge in [0.05, 0.1) is 0 Å². The van der Waals surface area contributed by atoms with Gasteiger partial charge in [-0.1, -0.05) is 27.2 Å². The Balaban J connectivity index is 2.08. The van der Waals surface area contributed by atoms with E-state index in [0.717, 1.165) is 6.04 Å². The number of nitrogens with zero attached hydrogens (tertiary/aromatic N) is 1. The van der Waals surface area contributed by atoms with Gasteiger partial charge in [0.15, 0.2) is 0 Å². The molecule has 1 N–H and O–H groups in total. The summed E-state index contributed by atoms with van der Waals surface area (Å²) in [5.41, 5.74) is 0.832. The summed E-state index contributed by atoms with van der Waals surface area (Å²) in [6, 6.07) is 0.721. The second-order valence-electron chi connectivity index (χ2n) is 8.07. The molecule has 1 rings (SSSR count). The van der Waals surface area contributed by atoms with Crippen molar-refractivity contribution in [2.75, 3.05) is 19.6 Å². The van der Waals surface area contributed by atoms with Crippen molar-refractivity contribution in [1.29, 1.82) is 0 Å². The van der Waals surface area contributed by atoms with Crippen LogP contribution in [0.4, 0.5) is 0 Å². The number of hydrogen-bond donors (Lipinski definition) is 1. The highest BCUT2D eigenvalue weighted by Crippen LogP contribution is 2.22. The zero-order chi connectivity index (χ0) is 13.8. The van der Waals surface area contributed by atoms with Crippen molar-refractivity contribution in [3.05, 3.63) is 0 Å². The Labute approximate surface area is 115 Å². The highest BCUT2D eigenvalue weighted by molar-refractivity contribution is 4.87. The van der Waals surface area contributed by atoms with E-state index in [1.807, 2.05) is 0 Å². The van der Waals surface area contributed by atoms with Crippen LogP contribution < -0.4 is 5.32 Å². The first-order valence-corrected chi connectivity index (χ1v) is 7.67. The first kappa shape index (κ1) is 16.0. The maximum Gasteiger partial charge on any atom is 0.0207 e. The average Bonchev–Trinajstić information content (AvgIpc) is 2.63. The van der Waals surface area contributed by atoms with Crippen molar-refractivity contribution < 1.29 is 0 Å². The third-order valence-electron chi connectivity index (χ3n) is 3.92. The molecule has 0 aromatic heterocycles. The second-order valence-corrected chi connectivity index (χ2v) is 8.07. The molecule has 2 nitrogen and oxygen atoms in total. The molecule has 1 aliphatic rings. The standard InChI is InChI=1S/C16H34N2/c1-15(2,3)10-7-8-11-17-14-9-12-18(13-14)16(4,5)6/h14,17H,7-13H2,1-6H3. The number of rotatable bonds is 5. The maximum absolute atomic E-state index is 3.73. The predicted molar refractivity (Wildman–Crippen MR) is 81.0 cm³/mol. The molecule has 1 saturated heterocycles. The first-order chi connectivity index (χ1) is 8.18. The van der Waals surface area contributed by atoms with Gasteiger partial charge in [0.1, 0.15) is 0 Å². The topological polar surface area (TPSA) is 15.3 Å². The molecule has 1 fully saturated rings. The van der Waals surface area contributed by atoms with Gasteiger partial charge in [-0.3, -0.25) is 4.90 Å². The fourth-order valence-corrected chi connectivity index (χ4v) is 2.62. The van der Waals surface area contributed by atoms with Crippen molar-refractivity contribution in [1.82, 2.24) is 10.2 Å². The first-order valence-electron chi connectivity index (χ1n) is 7.67. The highest BCUT2D eigenvalue weighted by atomic mass is 15.2. The summed E-state index contributed by atoms with van der Waals surface area (Å²) >= 11 is 0. The van der Waals surface area contributed by atoms with Crippen LogP contribution in [0.5, 0.6) is 0 Å². The molecule has 0 saturated carbocycles. The van der Waals surface area contributed by atoms with E-state index in [1.165, 1.54) is 45.3 Å². The molecule has 0 bridgehead atoms. The quantitative estimate of drug-likeness (QED) is 0.753. The summed E-state index contributed by atoms with van der Waals surface area (Å²) in [6.07, 6.45) is 5.33. The fourth-order valence-electron chi connectivity index (χ4n) is 2.62. The Hall–Kier alpha value is -0.0800. The fraction of sp³-hybridized carbons (Fsp3) is 1.00. The monoisotopic (exact) mass is 254 g/mol. The van der Waals surface area contributed by atoms with E-state index in [0.29, 0.717) is 11.0 Å². The van der Waals surface area contributed by atoms with Gasteiger partial charge in [-0.2, -0.15) is 0 Å². The number of nitrogens with one attached hydrogen (secondary N) is 1. The van der Waals surface area contributed by atoms with Crippen LogP contribution in [0.3, 0.4) is 0 Å². The van der Waals surface area contributed by atoms with E-state index in [9.17, 15) is 0 Å². The zero-order valence-electron chi connectivity index (χ0n) is 13.5. The molecule has 0 amide bonds. The Morgan fingerprint density at radius 1 is 1.06 bits per heavy atom. The van der Waals surface area contributed by atoms with Crippen LogP contribution in [0.2, 0.25) is 0 Å². The van der Waals surface area contributed by atoms with E-state index in [4.69, 9.17) is 0 Å². The van der Waals surface area contributed by atoms with E-state index in [-0.39, 0.29) is 0 Å². The Morgan fingerprint density at radius 3 is 2.22 bits per heavy atom. The number of likely N-dealkylation sites (tertiary alicyclic amines) is 1. The van der Waals surface area contributed by atoms with E-state index < -0.39 is 0 Å². The minimum absolute atomic E-state index is 0.336. The molecule has 18 heavy (non-hydrogen) atoms. The molecule has 1 heterocycles. The summed E-state index contributed by atoms with van der Waals surface area (Å²) in [5.74, 6) is 0. The molecule has 0 aliphatic carbocycles. The summed E-state index contributed by atoms with van der Waals surface area (Å²) < 4.78 is 0. The largest absolute Gasteiger partial charge is 0.313 e. The third-order valence-corrected chi connectivity index (χ3v) is 3.92. The minimum atomic E-state index is 0.336. The van der Waals surface area contributed by atoms with Crippen molar-refractivity contribution >= 4 is 0 Å². The molecule has 0 aromatic rings. The van der Waals surface area contributed by atoms with Crippen LogP contribution in [0.15, 0.2) is 0 Å². The SMILES string of the molecule is CC(C)(C)CCCCNC1CCN(C(C)(C)C)C1. The summed E-state index contributed by atoms with van der Waals surface area (Å²) in [7, 11) is 0. The normalized spacial score (nSPS) is 22.7. The van der Waals surface area contributed by atoms with Gasteiger partial charge in [0, 0.05) is 24.7 Å². The Morgan fingerprint density at radius 2 is 1.72 bits per heavy atom. The smallest absolute Gasteiger partial charge is 0.0207 e. The predicted octanol–water partition coefficient (Wildman–Crippen LogP) is 3.67. The van der Waals surface area contributed by atoms with Gasteiger partial charge in [-0.05, 0) is 52.0 Å². The van der Waals surface area contributed by atoms with Crippen LogP contribution >= 0.6 is 0 Å². The van der Waals surface area contributed by atoms with Crippen LogP contribution in [0.25, 0.3) is 0 Å². The number of hydrogen-bond acceptors (Lipinski definition) is 2. The molecular formula is C16H34N2. The Kier molecular flexibility index (Phi) is 5.67. The van der Waals surface area contributed by atoms with Gasteiger partial charge < -0.3 is 5.32 Å². The lowest BCUT2D eigenvalue weighted by atomic mass is 9.90.